The number of hydrogen-bond acceptors (Lipinski definition) is 3. The molecular weight excluding hydrogens is 266 g/mol. The number of nitrogens with one attached hydrogen (secondary N) is 1. The Balaban J connectivity index is 2.54. The molecule has 0 bridgehead atoms. The van der Waals surface area contributed by atoms with Gasteiger partial charge in [0.25, 0.3) is 5.91 Å². The molecule has 0 saturated heterocycles. The minimum atomic E-state index is -0.385. The van der Waals surface area contributed by atoms with Gasteiger partial charge in [0.15, 0.2) is 0 Å². The van der Waals surface area contributed by atoms with E-state index in [9.17, 15) is 9.90 Å². The molecule has 2 N–H and O–H groups in total. The largest absolute Gasteiger partial charge is 0.481 e. The zero-order chi connectivity index (χ0) is 15.9. The molecule has 4 heteroatoms. The number of terminal acetylenes is 1. The Hall–Kier alpha value is -1.99. The van der Waals surface area contributed by atoms with Crippen LogP contribution in [0, 0.1) is 17.8 Å². The van der Waals surface area contributed by atoms with E-state index < -0.39 is 0 Å². The van der Waals surface area contributed by atoms with Crippen LogP contribution in [-0.4, -0.2) is 30.3 Å². The molecule has 1 aromatic rings. The van der Waals surface area contributed by atoms with Gasteiger partial charge in [-0.25, -0.2) is 0 Å². The lowest BCUT2D eigenvalue weighted by Crippen LogP contribution is -2.35. The van der Waals surface area contributed by atoms with Crippen molar-refractivity contribution in [1.82, 2.24) is 5.32 Å². The van der Waals surface area contributed by atoms with Gasteiger partial charge < -0.3 is 15.2 Å². The van der Waals surface area contributed by atoms with Crippen LogP contribution in [0.3, 0.4) is 0 Å². The third kappa shape index (κ3) is 6.33. The average Bonchev–Trinajstić information content (AvgIpc) is 2.42. The second kappa shape index (κ2) is 7.70. The Morgan fingerprint density at radius 3 is 2.57 bits per heavy atom. The fraction of sp³-hybridized carbons (Fsp3) is 0.471. The van der Waals surface area contributed by atoms with Gasteiger partial charge in [-0.3, -0.25) is 4.79 Å². The summed E-state index contributed by atoms with van der Waals surface area (Å²) >= 11 is 0. The number of carbonyl (C=O) groups is 1. The van der Waals surface area contributed by atoms with Crippen LogP contribution in [0.25, 0.3) is 0 Å². The van der Waals surface area contributed by atoms with Crippen LogP contribution in [0.2, 0.25) is 0 Å². The Morgan fingerprint density at radius 2 is 2.05 bits per heavy atom. The van der Waals surface area contributed by atoms with Crippen molar-refractivity contribution < 1.29 is 14.6 Å². The molecule has 1 unspecified atom stereocenters. The van der Waals surface area contributed by atoms with Crippen molar-refractivity contribution in [2.45, 2.75) is 33.3 Å². The van der Waals surface area contributed by atoms with Crippen LogP contribution in [0.1, 0.15) is 37.6 Å². The molecule has 114 valence electrons. The molecule has 0 spiro atoms. The number of hydrogen-bond donors (Lipinski definition) is 2. The molecule has 0 fully saturated rings. The van der Waals surface area contributed by atoms with E-state index in [-0.39, 0.29) is 24.0 Å². The highest BCUT2D eigenvalue weighted by Crippen LogP contribution is 2.21. The lowest BCUT2D eigenvalue weighted by atomic mass is 9.87. The van der Waals surface area contributed by atoms with Crippen molar-refractivity contribution in [3.05, 3.63) is 29.8 Å². The number of aliphatic hydroxyl groups is 1. The molecule has 0 radical (unpaired) electrons. The van der Waals surface area contributed by atoms with Crippen molar-refractivity contribution in [3.8, 4) is 18.1 Å². The summed E-state index contributed by atoms with van der Waals surface area (Å²) in [5.41, 5.74) is 0.413. The molecule has 1 atom stereocenters. The molecule has 1 rings (SSSR count). The van der Waals surface area contributed by atoms with E-state index in [4.69, 9.17) is 11.2 Å². The summed E-state index contributed by atoms with van der Waals surface area (Å²) in [6, 6.07) is 6.83. The first-order valence-electron chi connectivity index (χ1n) is 6.96. The van der Waals surface area contributed by atoms with Gasteiger partial charge in [-0.05, 0) is 43.0 Å². The van der Waals surface area contributed by atoms with E-state index in [0.29, 0.717) is 24.3 Å². The topological polar surface area (TPSA) is 58.6 Å². The van der Waals surface area contributed by atoms with Crippen LogP contribution in [0.5, 0.6) is 5.75 Å². The Labute approximate surface area is 126 Å². The highest BCUT2D eigenvalue weighted by molar-refractivity contribution is 5.94. The maximum absolute atomic E-state index is 12.1. The van der Waals surface area contributed by atoms with Gasteiger partial charge in [-0.1, -0.05) is 19.8 Å². The number of benzene rings is 1. The summed E-state index contributed by atoms with van der Waals surface area (Å²) in [7, 11) is 0. The minimum absolute atomic E-state index is 0.142. The monoisotopic (exact) mass is 289 g/mol. The summed E-state index contributed by atoms with van der Waals surface area (Å²) in [4.78, 5) is 12.1. The summed E-state index contributed by atoms with van der Waals surface area (Å²) < 4.78 is 5.25. The van der Waals surface area contributed by atoms with E-state index in [1.165, 1.54) is 0 Å². The van der Waals surface area contributed by atoms with Gasteiger partial charge in [0.2, 0.25) is 0 Å². The van der Waals surface area contributed by atoms with Gasteiger partial charge in [0, 0.05) is 12.1 Å². The van der Waals surface area contributed by atoms with Gasteiger partial charge in [0.1, 0.15) is 12.4 Å². The SMILES string of the molecule is C#CCOc1ccc(C(=O)NCC(C)(C)CC(C)O)cc1. The van der Waals surface area contributed by atoms with E-state index in [2.05, 4.69) is 11.2 Å². The maximum Gasteiger partial charge on any atom is 0.251 e. The smallest absolute Gasteiger partial charge is 0.251 e. The van der Waals surface area contributed by atoms with Crippen LogP contribution in [0.4, 0.5) is 0 Å². The molecule has 21 heavy (non-hydrogen) atoms. The van der Waals surface area contributed by atoms with Gasteiger partial charge >= 0.3 is 0 Å². The standard InChI is InChI=1S/C17H23NO3/c1-5-10-21-15-8-6-14(7-9-15)16(20)18-12-17(3,4)11-13(2)19/h1,6-9,13,19H,10-12H2,2-4H3,(H,18,20). The third-order valence-electron chi connectivity index (χ3n) is 3.01. The summed E-state index contributed by atoms with van der Waals surface area (Å²) in [5.74, 6) is 2.88. The van der Waals surface area contributed by atoms with Crippen LogP contribution >= 0.6 is 0 Å². The fourth-order valence-corrected chi connectivity index (χ4v) is 2.12. The highest BCUT2D eigenvalue weighted by Gasteiger charge is 2.21. The summed E-state index contributed by atoms with van der Waals surface area (Å²) in [6.45, 7) is 6.48. The first-order valence-corrected chi connectivity index (χ1v) is 6.96. The zero-order valence-electron chi connectivity index (χ0n) is 12.8. The molecule has 0 saturated carbocycles. The number of rotatable bonds is 7. The number of ether oxygens (including phenoxy) is 1. The number of aliphatic hydroxyl groups excluding tert-OH is 1. The van der Waals surface area contributed by atoms with Crippen molar-refractivity contribution >= 4 is 5.91 Å². The molecule has 4 nitrogen and oxygen atoms in total. The fourth-order valence-electron chi connectivity index (χ4n) is 2.12. The maximum atomic E-state index is 12.1. The van der Waals surface area contributed by atoms with Crippen molar-refractivity contribution in [2.75, 3.05) is 13.2 Å². The van der Waals surface area contributed by atoms with Crippen LogP contribution in [0.15, 0.2) is 24.3 Å². The summed E-state index contributed by atoms with van der Waals surface area (Å²) in [5, 5.41) is 12.3. The van der Waals surface area contributed by atoms with E-state index in [0.717, 1.165) is 0 Å². The van der Waals surface area contributed by atoms with Crippen LogP contribution in [-0.2, 0) is 0 Å². The molecule has 0 heterocycles. The van der Waals surface area contributed by atoms with Crippen LogP contribution < -0.4 is 10.1 Å². The Morgan fingerprint density at radius 1 is 1.43 bits per heavy atom. The first-order chi connectivity index (χ1) is 9.84. The summed E-state index contributed by atoms with van der Waals surface area (Å²) in [6.07, 6.45) is 5.36. The normalized spacial score (nSPS) is 12.3. The third-order valence-corrected chi connectivity index (χ3v) is 3.01. The van der Waals surface area contributed by atoms with E-state index in [1.807, 2.05) is 13.8 Å². The van der Waals surface area contributed by atoms with E-state index in [1.54, 1.807) is 31.2 Å². The Kier molecular flexibility index (Phi) is 6.26. The molecular formula is C17H23NO3. The number of amides is 1. The lowest BCUT2D eigenvalue weighted by Gasteiger charge is -2.26. The molecule has 0 aromatic heterocycles. The molecule has 1 amide bonds. The predicted molar refractivity (Wildman–Crippen MR) is 83.2 cm³/mol. The van der Waals surface area contributed by atoms with Gasteiger partial charge in [-0.15, -0.1) is 6.42 Å². The average molecular weight is 289 g/mol. The van der Waals surface area contributed by atoms with Gasteiger partial charge in [-0.2, -0.15) is 0 Å². The molecule has 0 aliphatic rings. The quantitative estimate of drug-likeness (QED) is 0.757. The van der Waals surface area contributed by atoms with Crippen molar-refractivity contribution in [1.29, 1.82) is 0 Å². The molecule has 0 aliphatic carbocycles. The molecule has 0 aliphatic heterocycles. The minimum Gasteiger partial charge on any atom is -0.481 e. The number of carbonyl (C=O) groups excluding carboxylic acids is 1. The lowest BCUT2D eigenvalue weighted by molar-refractivity contribution is 0.0902. The zero-order valence-corrected chi connectivity index (χ0v) is 12.8. The van der Waals surface area contributed by atoms with E-state index >= 15 is 0 Å². The van der Waals surface area contributed by atoms with Crippen molar-refractivity contribution in [3.63, 3.8) is 0 Å². The Bertz CT molecular complexity index is 498. The second-order valence-electron chi connectivity index (χ2n) is 5.92. The highest BCUT2D eigenvalue weighted by atomic mass is 16.5. The molecule has 1 aromatic carbocycles. The van der Waals surface area contributed by atoms with Gasteiger partial charge in [0.05, 0.1) is 6.10 Å². The predicted octanol–water partition coefficient (Wildman–Crippen LogP) is 2.23. The second-order valence-corrected chi connectivity index (χ2v) is 5.92. The first kappa shape index (κ1) is 17.1. The van der Waals surface area contributed by atoms with Crippen molar-refractivity contribution in [2.24, 2.45) is 5.41 Å².